The Kier molecular flexibility index (Phi) is 5.01. The van der Waals surface area contributed by atoms with Gasteiger partial charge in [0.15, 0.2) is 0 Å². The molecule has 0 spiro atoms. The van der Waals surface area contributed by atoms with Crippen LogP contribution in [0.4, 0.5) is 0 Å². The molecule has 0 radical (unpaired) electrons. The summed E-state index contributed by atoms with van der Waals surface area (Å²) in [4.78, 5) is 0. The molecular formula is C14H27NO3. The van der Waals surface area contributed by atoms with Crippen LogP contribution in [0.5, 0.6) is 0 Å². The number of hydrogen-bond acceptors (Lipinski definition) is 4. The molecule has 1 heterocycles. The van der Waals surface area contributed by atoms with Crippen LogP contribution in [-0.2, 0) is 9.47 Å². The fourth-order valence-corrected chi connectivity index (χ4v) is 2.60. The third-order valence-corrected chi connectivity index (χ3v) is 3.86. The van der Waals surface area contributed by atoms with E-state index in [0.29, 0.717) is 12.0 Å². The van der Waals surface area contributed by atoms with Crippen molar-refractivity contribution in [1.82, 2.24) is 5.32 Å². The van der Waals surface area contributed by atoms with E-state index in [1.165, 1.54) is 12.8 Å². The van der Waals surface area contributed by atoms with Gasteiger partial charge in [0, 0.05) is 24.1 Å². The van der Waals surface area contributed by atoms with Crippen molar-refractivity contribution in [1.29, 1.82) is 0 Å². The quantitative estimate of drug-likeness (QED) is 0.688. The predicted octanol–water partition coefficient (Wildman–Crippen LogP) is 1.32. The van der Waals surface area contributed by atoms with Crippen molar-refractivity contribution in [3.63, 3.8) is 0 Å². The second-order valence-electron chi connectivity index (χ2n) is 6.22. The number of aliphatic hydroxyl groups excluding tert-OH is 1. The first-order valence-electron chi connectivity index (χ1n) is 7.19. The Hall–Kier alpha value is -0.160. The molecule has 1 saturated carbocycles. The van der Waals surface area contributed by atoms with Crippen LogP contribution < -0.4 is 5.32 Å². The maximum Gasteiger partial charge on any atom is 0.0611 e. The minimum Gasteiger partial charge on any atom is -0.394 e. The maximum absolute atomic E-state index is 9.55. The predicted molar refractivity (Wildman–Crippen MR) is 70.6 cm³/mol. The van der Waals surface area contributed by atoms with Crippen molar-refractivity contribution in [2.24, 2.45) is 5.92 Å². The van der Waals surface area contributed by atoms with Gasteiger partial charge in [-0.1, -0.05) is 0 Å². The summed E-state index contributed by atoms with van der Waals surface area (Å²) >= 11 is 0. The molecule has 2 N–H and O–H groups in total. The van der Waals surface area contributed by atoms with Crippen molar-refractivity contribution in [2.45, 2.75) is 57.2 Å². The summed E-state index contributed by atoms with van der Waals surface area (Å²) in [5.41, 5.74) is -0.202. The maximum atomic E-state index is 9.55. The fourth-order valence-electron chi connectivity index (χ4n) is 2.60. The third kappa shape index (κ3) is 4.50. The second kappa shape index (κ2) is 6.33. The van der Waals surface area contributed by atoms with Crippen LogP contribution in [0.25, 0.3) is 0 Å². The van der Waals surface area contributed by atoms with E-state index in [1.54, 1.807) is 0 Å². The van der Waals surface area contributed by atoms with E-state index in [9.17, 15) is 5.11 Å². The van der Waals surface area contributed by atoms with Gasteiger partial charge in [-0.3, -0.25) is 0 Å². The van der Waals surface area contributed by atoms with Gasteiger partial charge in [-0.25, -0.2) is 0 Å². The zero-order chi connectivity index (χ0) is 13.0. The van der Waals surface area contributed by atoms with Gasteiger partial charge < -0.3 is 19.9 Å². The van der Waals surface area contributed by atoms with Crippen LogP contribution in [0.15, 0.2) is 0 Å². The summed E-state index contributed by atoms with van der Waals surface area (Å²) in [6.07, 6.45) is 4.63. The SMILES string of the molecule is CC(CC(C)(CO)NC1CC1)OCC1CCOC1. The molecule has 3 unspecified atom stereocenters. The molecule has 0 bridgehead atoms. The molecule has 0 aromatic heterocycles. The van der Waals surface area contributed by atoms with E-state index in [0.717, 1.165) is 32.7 Å². The molecule has 0 amide bonds. The van der Waals surface area contributed by atoms with Crippen LogP contribution in [0.3, 0.4) is 0 Å². The van der Waals surface area contributed by atoms with E-state index in [2.05, 4.69) is 19.2 Å². The van der Waals surface area contributed by atoms with Gasteiger partial charge in [-0.2, -0.15) is 0 Å². The Balaban J connectivity index is 1.68. The monoisotopic (exact) mass is 257 g/mol. The highest BCUT2D eigenvalue weighted by molar-refractivity contribution is 4.93. The van der Waals surface area contributed by atoms with Gasteiger partial charge in [0.1, 0.15) is 0 Å². The fraction of sp³-hybridized carbons (Fsp3) is 1.00. The average molecular weight is 257 g/mol. The van der Waals surface area contributed by atoms with Gasteiger partial charge in [0.2, 0.25) is 0 Å². The third-order valence-electron chi connectivity index (χ3n) is 3.86. The van der Waals surface area contributed by atoms with Crippen LogP contribution in [-0.4, -0.2) is 49.2 Å². The lowest BCUT2D eigenvalue weighted by Crippen LogP contribution is -2.49. The zero-order valence-corrected chi connectivity index (χ0v) is 11.7. The summed E-state index contributed by atoms with van der Waals surface area (Å²) in [7, 11) is 0. The summed E-state index contributed by atoms with van der Waals surface area (Å²) < 4.78 is 11.2. The zero-order valence-electron chi connectivity index (χ0n) is 11.7. The van der Waals surface area contributed by atoms with Gasteiger partial charge >= 0.3 is 0 Å². The van der Waals surface area contributed by atoms with Crippen LogP contribution in [0.1, 0.15) is 39.5 Å². The van der Waals surface area contributed by atoms with Crippen molar-refractivity contribution < 1.29 is 14.6 Å². The van der Waals surface area contributed by atoms with Crippen molar-refractivity contribution in [2.75, 3.05) is 26.4 Å². The van der Waals surface area contributed by atoms with Gasteiger partial charge in [-0.05, 0) is 39.5 Å². The summed E-state index contributed by atoms with van der Waals surface area (Å²) in [5, 5.41) is 13.1. The number of nitrogens with one attached hydrogen (secondary N) is 1. The Morgan fingerprint density at radius 1 is 1.44 bits per heavy atom. The topological polar surface area (TPSA) is 50.7 Å². The highest BCUT2D eigenvalue weighted by atomic mass is 16.5. The molecule has 0 aromatic carbocycles. The lowest BCUT2D eigenvalue weighted by molar-refractivity contribution is 0.00803. The Bertz CT molecular complexity index is 251. The summed E-state index contributed by atoms with van der Waals surface area (Å²) in [6.45, 7) is 6.85. The number of ether oxygens (including phenoxy) is 2. The first-order valence-corrected chi connectivity index (χ1v) is 7.19. The molecule has 0 aromatic rings. The molecule has 2 rings (SSSR count). The van der Waals surface area contributed by atoms with E-state index in [4.69, 9.17) is 9.47 Å². The normalized spacial score (nSPS) is 29.2. The van der Waals surface area contributed by atoms with E-state index in [-0.39, 0.29) is 18.2 Å². The molecule has 1 aliphatic heterocycles. The molecule has 2 aliphatic rings. The van der Waals surface area contributed by atoms with Crippen LogP contribution >= 0.6 is 0 Å². The summed E-state index contributed by atoms with van der Waals surface area (Å²) in [6, 6.07) is 0.609. The highest BCUT2D eigenvalue weighted by Gasteiger charge is 2.33. The Morgan fingerprint density at radius 2 is 2.22 bits per heavy atom. The molecule has 3 atom stereocenters. The van der Waals surface area contributed by atoms with Crippen molar-refractivity contribution >= 4 is 0 Å². The Morgan fingerprint density at radius 3 is 2.78 bits per heavy atom. The Labute approximate surface area is 110 Å². The number of hydrogen-bond donors (Lipinski definition) is 2. The first kappa shape index (κ1) is 14.3. The molecule has 1 saturated heterocycles. The second-order valence-corrected chi connectivity index (χ2v) is 6.22. The minimum atomic E-state index is -0.202. The lowest BCUT2D eigenvalue weighted by atomic mass is 9.95. The molecule has 1 aliphatic carbocycles. The average Bonchev–Trinajstić information content (AvgIpc) is 2.98. The van der Waals surface area contributed by atoms with Gasteiger partial charge in [0.25, 0.3) is 0 Å². The molecule has 4 nitrogen and oxygen atoms in total. The van der Waals surface area contributed by atoms with E-state index in [1.807, 2.05) is 0 Å². The smallest absolute Gasteiger partial charge is 0.0611 e. The molecule has 4 heteroatoms. The number of rotatable bonds is 8. The standard InChI is InChI=1S/C14H27NO3/c1-11(18-9-12-5-6-17-8-12)7-14(2,10-16)15-13-3-4-13/h11-13,15-16H,3-10H2,1-2H3. The molecule has 2 fully saturated rings. The van der Waals surface area contributed by atoms with Crippen molar-refractivity contribution in [3.8, 4) is 0 Å². The highest BCUT2D eigenvalue weighted by Crippen LogP contribution is 2.25. The van der Waals surface area contributed by atoms with Crippen molar-refractivity contribution in [3.05, 3.63) is 0 Å². The lowest BCUT2D eigenvalue weighted by Gasteiger charge is -2.32. The van der Waals surface area contributed by atoms with Crippen LogP contribution in [0, 0.1) is 5.92 Å². The molecule has 106 valence electrons. The minimum absolute atomic E-state index is 0.170. The first-order chi connectivity index (χ1) is 8.61. The van der Waals surface area contributed by atoms with Crippen LogP contribution in [0.2, 0.25) is 0 Å². The van der Waals surface area contributed by atoms with E-state index < -0.39 is 0 Å². The van der Waals surface area contributed by atoms with Gasteiger partial charge in [-0.15, -0.1) is 0 Å². The number of aliphatic hydroxyl groups is 1. The largest absolute Gasteiger partial charge is 0.394 e. The van der Waals surface area contributed by atoms with Gasteiger partial charge in [0.05, 0.1) is 25.9 Å². The molecule has 18 heavy (non-hydrogen) atoms. The van der Waals surface area contributed by atoms with E-state index >= 15 is 0 Å². The summed E-state index contributed by atoms with van der Waals surface area (Å²) in [5.74, 6) is 0.559. The molecular weight excluding hydrogens is 230 g/mol.